The van der Waals surface area contributed by atoms with Crippen LogP contribution in [0.3, 0.4) is 0 Å². The first-order valence-corrected chi connectivity index (χ1v) is 9.02. The predicted octanol–water partition coefficient (Wildman–Crippen LogP) is 3.08. The number of thioether (sulfide) groups is 1. The van der Waals surface area contributed by atoms with E-state index in [0.29, 0.717) is 13.0 Å². The Morgan fingerprint density at radius 1 is 1.31 bits per heavy atom. The van der Waals surface area contributed by atoms with Gasteiger partial charge in [0.15, 0.2) is 0 Å². The van der Waals surface area contributed by atoms with Crippen molar-refractivity contribution < 1.29 is 9.72 Å². The fourth-order valence-corrected chi connectivity index (χ4v) is 3.36. The maximum Gasteiger partial charge on any atom is 0.269 e. The SMILES string of the molecule is CC(Sc1ccc([N+](=O)[O-])cc1)C(=O)NCCc1cn2ccccc2n1. The molecule has 2 aromatic heterocycles. The summed E-state index contributed by atoms with van der Waals surface area (Å²) >= 11 is 1.37. The molecule has 0 bridgehead atoms. The Hall–Kier alpha value is -2.87. The molecule has 0 aliphatic carbocycles. The molecule has 1 unspecified atom stereocenters. The number of nitrogens with zero attached hydrogens (tertiary/aromatic N) is 3. The maximum atomic E-state index is 12.2. The highest BCUT2D eigenvalue weighted by molar-refractivity contribution is 8.00. The quantitative estimate of drug-likeness (QED) is 0.392. The molecular formula is C18H18N4O3S. The van der Waals surface area contributed by atoms with E-state index in [1.807, 2.05) is 41.9 Å². The van der Waals surface area contributed by atoms with Crippen molar-refractivity contribution in [2.24, 2.45) is 0 Å². The van der Waals surface area contributed by atoms with Crippen molar-refractivity contribution in [3.63, 3.8) is 0 Å². The van der Waals surface area contributed by atoms with E-state index in [1.165, 1.54) is 23.9 Å². The minimum atomic E-state index is -0.441. The van der Waals surface area contributed by atoms with Crippen molar-refractivity contribution in [3.05, 3.63) is 70.7 Å². The molecule has 0 aliphatic heterocycles. The van der Waals surface area contributed by atoms with Crippen LogP contribution in [0.2, 0.25) is 0 Å². The average Bonchev–Trinajstić information content (AvgIpc) is 3.04. The summed E-state index contributed by atoms with van der Waals surface area (Å²) in [5.41, 5.74) is 1.85. The van der Waals surface area contributed by atoms with Gasteiger partial charge in [-0.2, -0.15) is 0 Å². The second kappa shape index (κ2) is 8.01. The number of imidazole rings is 1. The Morgan fingerprint density at radius 2 is 2.08 bits per heavy atom. The van der Waals surface area contributed by atoms with Crippen molar-refractivity contribution in [1.29, 1.82) is 0 Å². The van der Waals surface area contributed by atoms with Crippen LogP contribution in [0.25, 0.3) is 5.65 Å². The minimum Gasteiger partial charge on any atom is -0.355 e. The van der Waals surface area contributed by atoms with Gasteiger partial charge >= 0.3 is 0 Å². The number of aromatic nitrogens is 2. The normalized spacial score (nSPS) is 12.0. The summed E-state index contributed by atoms with van der Waals surface area (Å²) in [4.78, 5) is 27.8. The van der Waals surface area contributed by atoms with E-state index in [2.05, 4.69) is 10.3 Å². The van der Waals surface area contributed by atoms with Gasteiger partial charge in [-0.15, -0.1) is 11.8 Å². The van der Waals surface area contributed by atoms with E-state index < -0.39 is 4.92 Å². The van der Waals surface area contributed by atoms with Crippen molar-refractivity contribution in [1.82, 2.24) is 14.7 Å². The van der Waals surface area contributed by atoms with Crippen LogP contribution in [0.1, 0.15) is 12.6 Å². The predicted molar refractivity (Wildman–Crippen MR) is 100 cm³/mol. The summed E-state index contributed by atoms with van der Waals surface area (Å²) in [6.07, 6.45) is 4.55. The van der Waals surface area contributed by atoms with E-state index in [-0.39, 0.29) is 16.8 Å². The van der Waals surface area contributed by atoms with Gasteiger partial charge in [0.25, 0.3) is 5.69 Å². The number of benzene rings is 1. The van der Waals surface area contributed by atoms with Crippen LogP contribution in [-0.4, -0.2) is 32.0 Å². The molecule has 1 aromatic carbocycles. The first-order chi connectivity index (χ1) is 12.5. The van der Waals surface area contributed by atoms with Gasteiger partial charge in [0.2, 0.25) is 5.91 Å². The van der Waals surface area contributed by atoms with Crippen molar-refractivity contribution >= 4 is 29.0 Å². The third-order valence-corrected chi connectivity index (χ3v) is 4.94. The number of nitro groups is 1. The number of nitrogens with one attached hydrogen (secondary N) is 1. The Balaban J connectivity index is 1.48. The number of carbonyl (C=O) groups is 1. The van der Waals surface area contributed by atoms with Crippen LogP contribution < -0.4 is 5.32 Å². The van der Waals surface area contributed by atoms with Gasteiger partial charge in [-0.05, 0) is 31.2 Å². The topological polar surface area (TPSA) is 89.5 Å². The Bertz CT molecular complexity index is 891. The number of hydrogen-bond acceptors (Lipinski definition) is 5. The third kappa shape index (κ3) is 4.40. The minimum absolute atomic E-state index is 0.0407. The number of pyridine rings is 1. The summed E-state index contributed by atoms with van der Waals surface area (Å²) in [6, 6.07) is 12.0. The molecule has 8 heteroatoms. The number of carbonyl (C=O) groups excluding carboxylic acids is 1. The van der Waals surface area contributed by atoms with E-state index in [9.17, 15) is 14.9 Å². The number of rotatable bonds is 7. The number of nitro benzene ring substituents is 1. The lowest BCUT2D eigenvalue weighted by Crippen LogP contribution is -2.32. The molecule has 1 N–H and O–H groups in total. The van der Waals surface area contributed by atoms with Crippen LogP contribution in [-0.2, 0) is 11.2 Å². The molecular weight excluding hydrogens is 352 g/mol. The second-order valence-electron chi connectivity index (χ2n) is 5.75. The van der Waals surface area contributed by atoms with E-state index in [4.69, 9.17) is 0 Å². The molecule has 26 heavy (non-hydrogen) atoms. The summed E-state index contributed by atoms with van der Waals surface area (Å²) in [7, 11) is 0. The Labute approximate surface area is 154 Å². The fourth-order valence-electron chi connectivity index (χ4n) is 2.47. The van der Waals surface area contributed by atoms with Crippen LogP contribution >= 0.6 is 11.8 Å². The number of hydrogen-bond donors (Lipinski definition) is 1. The molecule has 0 saturated carbocycles. The summed E-state index contributed by atoms with van der Waals surface area (Å²) in [5.74, 6) is -0.0721. The number of non-ortho nitro benzene ring substituents is 1. The van der Waals surface area contributed by atoms with Gasteiger partial charge in [-0.25, -0.2) is 4.98 Å². The Kier molecular flexibility index (Phi) is 5.52. The molecule has 1 amide bonds. The van der Waals surface area contributed by atoms with Crippen LogP contribution in [0.15, 0.2) is 59.8 Å². The average molecular weight is 370 g/mol. The highest BCUT2D eigenvalue weighted by atomic mass is 32.2. The molecule has 134 valence electrons. The van der Waals surface area contributed by atoms with Gasteiger partial charge in [0, 0.05) is 42.4 Å². The molecule has 0 radical (unpaired) electrons. The highest BCUT2D eigenvalue weighted by Crippen LogP contribution is 2.25. The fraction of sp³-hybridized carbons (Fsp3) is 0.222. The summed E-state index contributed by atoms with van der Waals surface area (Å²) in [6.45, 7) is 2.32. The summed E-state index contributed by atoms with van der Waals surface area (Å²) < 4.78 is 1.95. The van der Waals surface area contributed by atoms with Crippen LogP contribution in [0, 0.1) is 10.1 Å². The molecule has 3 aromatic rings. The second-order valence-corrected chi connectivity index (χ2v) is 7.16. The van der Waals surface area contributed by atoms with Crippen molar-refractivity contribution in [2.45, 2.75) is 23.5 Å². The summed E-state index contributed by atoms with van der Waals surface area (Å²) in [5, 5.41) is 13.3. The first kappa shape index (κ1) is 17.9. The zero-order valence-corrected chi connectivity index (χ0v) is 15.0. The monoisotopic (exact) mass is 370 g/mol. The van der Waals surface area contributed by atoms with Crippen LogP contribution in [0.4, 0.5) is 5.69 Å². The maximum absolute atomic E-state index is 12.2. The zero-order chi connectivity index (χ0) is 18.5. The number of amides is 1. The van der Waals surface area contributed by atoms with Gasteiger partial charge in [0.1, 0.15) is 5.65 Å². The van der Waals surface area contributed by atoms with Crippen molar-refractivity contribution in [3.8, 4) is 0 Å². The zero-order valence-electron chi connectivity index (χ0n) is 14.2. The van der Waals surface area contributed by atoms with Crippen LogP contribution in [0.5, 0.6) is 0 Å². The molecule has 0 saturated heterocycles. The molecule has 2 heterocycles. The van der Waals surface area contributed by atoms with E-state index >= 15 is 0 Å². The lowest BCUT2D eigenvalue weighted by atomic mass is 10.3. The molecule has 3 rings (SSSR count). The van der Waals surface area contributed by atoms with Gasteiger partial charge < -0.3 is 9.72 Å². The largest absolute Gasteiger partial charge is 0.355 e. The Morgan fingerprint density at radius 3 is 2.77 bits per heavy atom. The lowest BCUT2D eigenvalue weighted by molar-refractivity contribution is -0.384. The van der Waals surface area contributed by atoms with Crippen molar-refractivity contribution in [2.75, 3.05) is 6.54 Å². The highest BCUT2D eigenvalue weighted by Gasteiger charge is 2.15. The van der Waals surface area contributed by atoms with E-state index in [0.717, 1.165) is 16.2 Å². The lowest BCUT2D eigenvalue weighted by Gasteiger charge is -2.11. The smallest absolute Gasteiger partial charge is 0.269 e. The molecule has 0 aliphatic rings. The van der Waals surface area contributed by atoms with Gasteiger partial charge in [-0.1, -0.05) is 6.07 Å². The van der Waals surface area contributed by atoms with E-state index in [1.54, 1.807) is 12.1 Å². The standard InChI is InChI=1S/C18H18N4O3S/c1-13(26-16-7-5-15(6-8-16)22(24)25)18(23)19-10-9-14-12-21-11-3-2-4-17(21)20-14/h2-8,11-13H,9-10H2,1H3,(H,19,23). The number of fused-ring (bicyclic) bond motifs is 1. The van der Waals surface area contributed by atoms with Gasteiger partial charge in [-0.3, -0.25) is 14.9 Å². The molecule has 0 fully saturated rings. The molecule has 0 spiro atoms. The molecule has 1 atom stereocenters. The third-order valence-electron chi connectivity index (χ3n) is 3.82. The first-order valence-electron chi connectivity index (χ1n) is 8.14. The molecule has 7 nitrogen and oxygen atoms in total. The van der Waals surface area contributed by atoms with Gasteiger partial charge in [0.05, 0.1) is 15.9 Å².